The lowest BCUT2D eigenvalue weighted by Crippen LogP contribution is -2.39. The number of nitro benzene ring substituents is 1. The summed E-state index contributed by atoms with van der Waals surface area (Å²) in [6.45, 7) is 5.82. The highest BCUT2D eigenvalue weighted by atomic mass is 16.6. The maximum absolute atomic E-state index is 13.3. The molecule has 0 spiro atoms. The Hall–Kier alpha value is -4.46. The number of non-ortho nitro benzene ring substituents is 1. The van der Waals surface area contributed by atoms with Gasteiger partial charge in [0.1, 0.15) is 12.7 Å². The first-order chi connectivity index (χ1) is 17.6. The molecule has 0 fully saturated rings. The van der Waals surface area contributed by atoms with E-state index in [2.05, 4.69) is 5.32 Å². The summed E-state index contributed by atoms with van der Waals surface area (Å²) >= 11 is 0. The first kappa shape index (κ1) is 27.1. The molecule has 0 radical (unpaired) electrons. The Labute approximate surface area is 216 Å². The Kier molecular flexibility index (Phi) is 9.16. The molecule has 2 atom stereocenters. The van der Waals surface area contributed by atoms with Crippen LogP contribution in [0.5, 0.6) is 0 Å². The molecular weight excluding hydrogens is 472 g/mol. The van der Waals surface area contributed by atoms with Gasteiger partial charge in [0.15, 0.2) is 6.04 Å². The number of esters is 1. The fraction of sp³-hybridized carbons (Fsp3) is 0.241. The lowest BCUT2D eigenvalue weighted by molar-refractivity contribution is -0.384. The van der Waals surface area contributed by atoms with E-state index in [0.717, 1.165) is 11.1 Å². The van der Waals surface area contributed by atoms with Gasteiger partial charge in [-0.05, 0) is 34.9 Å². The minimum Gasteiger partial charge on any atom is -0.456 e. The highest BCUT2D eigenvalue weighted by molar-refractivity contribution is 5.83. The van der Waals surface area contributed by atoms with Crippen molar-refractivity contribution in [1.82, 2.24) is 5.32 Å². The van der Waals surface area contributed by atoms with Crippen molar-refractivity contribution < 1.29 is 24.0 Å². The van der Waals surface area contributed by atoms with Gasteiger partial charge in [0.05, 0.1) is 4.92 Å². The number of amides is 1. The standard InChI is InChI=1S/C29H30N2O6/c1-29(2,3)25(19-16-21-14-17-24(18-15-21)31(34)35)37-27(32)26(23-12-8-5-9-13-23)30-28(33)36-20-22-10-6-4-7-11-22/h4-19,25-26H,20H2,1-3H3,(H,30,33)/b19-16+/t25?,26-/m1/s1. The molecule has 0 aliphatic carbocycles. The predicted molar refractivity (Wildman–Crippen MR) is 140 cm³/mol. The average molecular weight is 503 g/mol. The monoisotopic (exact) mass is 502 g/mol. The molecule has 3 aromatic rings. The largest absolute Gasteiger partial charge is 0.456 e. The van der Waals surface area contributed by atoms with E-state index < -0.39 is 34.5 Å². The number of nitro groups is 1. The summed E-state index contributed by atoms with van der Waals surface area (Å²) in [4.78, 5) is 36.3. The third-order valence-electron chi connectivity index (χ3n) is 5.51. The summed E-state index contributed by atoms with van der Waals surface area (Å²) in [6, 6.07) is 23.0. The Morgan fingerprint density at radius 3 is 2.11 bits per heavy atom. The highest BCUT2D eigenvalue weighted by Crippen LogP contribution is 2.27. The van der Waals surface area contributed by atoms with Crippen LogP contribution in [0.3, 0.4) is 0 Å². The quantitative estimate of drug-likeness (QED) is 0.211. The van der Waals surface area contributed by atoms with E-state index in [1.807, 2.05) is 57.2 Å². The van der Waals surface area contributed by atoms with E-state index in [4.69, 9.17) is 9.47 Å². The first-order valence-electron chi connectivity index (χ1n) is 11.8. The van der Waals surface area contributed by atoms with Gasteiger partial charge in [-0.2, -0.15) is 0 Å². The summed E-state index contributed by atoms with van der Waals surface area (Å²) in [7, 11) is 0. The van der Waals surface area contributed by atoms with Crippen LogP contribution in [0.4, 0.5) is 10.5 Å². The Morgan fingerprint density at radius 1 is 0.946 bits per heavy atom. The van der Waals surface area contributed by atoms with Gasteiger partial charge in [-0.15, -0.1) is 0 Å². The summed E-state index contributed by atoms with van der Waals surface area (Å²) < 4.78 is 11.2. The van der Waals surface area contributed by atoms with Crippen LogP contribution >= 0.6 is 0 Å². The van der Waals surface area contributed by atoms with Crippen molar-refractivity contribution >= 4 is 23.8 Å². The van der Waals surface area contributed by atoms with E-state index in [-0.39, 0.29) is 12.3 Å². The molecule has 0 saturated carbocycles. The molecule has 0 aliphatic heterocycles. The maximum atomic E-state index is 13.3. The number of hydrogen-bond donors (Lipinski definition) is 1. The zero-order valence-electron chi connectivity index (χ0n) is 21.0. The summed E-state index contributed by atoms with van der Waals surface area (Å²) in [5, 5.41) is 13.5. The van der Waals surface area contributed by atoms with Gasteiger partial charge in [-0.1, -0.05) is 87.5 Å². The Balaban J connectivity index is 1.75. The zero-order valence-corrected chi connectivity index (χ0v) is 21.0. The minimum atomic E-state index is -1.08. The second-order valence-corrected chi connectivity index (χ2v) is 9.48. The van der Waals surface area contributed by atoms with Crippen molar-refractivity contribution in [3.8, 4) is 0 Å². The summed E-state index contributed by atoms with van der Waals surface area (Å²) in [6.07, 6.45) is 2.08. The van der Waals surface area contributed by atoms with Gasteiger partial charge in [0, 0.05) is 17.5 Å². The molecule has 3 aromatic carbocycles. The highest BCUT2D eigenvalue weighted by Gasteiger charge is 2.31. The van der Waals surface area contributed by atoms with Crippen molar-refractivity contribution in [1.29, 1.82) is 0 Å². The number of carbonyl (C=O) groups is 2. The average Bonchev–Trinajstić information content (AvgIpc) is 2.89. The van der Waals surface area contributed by atoms with Crippen molar-refractivity contribution in [3.05, 3.63) is 118 Å². The Bertz CT molecular complexity index is 1220. The minimum absolute atomic E-state index is 0.00752. The lowest BCUT2D eigenvalue weighted by atomic mass is 9.88. The normalized spacial score (nSPS) is 12.9. The van der Waals surface area contributed by atoms with Crippen LogP contribution < -0.4 is 5.32 Å². The molecule has 37 heavy (non-hydrogen) atoms. The second-order valence-electron chi connectivity index (χ2n) is 9.48. The van der Waals surface area contributed by atoms with Gasteiger partial charge < -0.3 is 14.8 Å². The number of benzene rings is 3. The van der Waals surface area contributed by atoms with Crippen LogP contribution in [-0.4, -0.2) is 23.1 Å². The van der Waals surface area contributed by atoms with E-state index in [1.54, 1.807) is 48.6 Å². The van der Waals surface area contributed by atoms with Gasteiger partial charge in [-0.3, -0.25) is 10.1 Å². The topological polar surface area (TPSA) is 108 Å². The molecule has 0 heterocycles. The third-order valence-corrected chi connectivity index (χ3v) is 5.51. The van der Waals surface area contributed by atoms with Crippen molar-refractivity contribution in [2.24, 2.45) is 5.41 Å². The SMILES string of the molecule is CC(C)(C)C(/C=C/c1ccc([N+](=O)[O-])cc1)OC(=O)[C@H](NC(=O)OCc1ccccc1)c1ccccc1. The molecule has 0 saturated heterocycles. The number of ether oxygens (including phenoxy) is 2. The summed E-state index contributed by atoms with van der Waals surface area (Å²) in [5.41, 5.74) is 1.61. The van der Waals surface area contributed by atoms with Crippen LogP contribution in [0.25, 0.3) is 6.08 Å². The van der Waals surface area contributed by atoms with Gasteiger partial charge in [-0.25, -0.2) is 9.59 Å². The van der Waals surface area contributed by atoms with E-state index in [0.29, 0.717) is 5.56 Å². The lowest BCUT2D eigenvalue weighted by Gasteiger charge is -2.29. The maximum Gasteiger partial charge on any atom is 0.408 e. The first-order valence-corrected chi connectivity index (χ1v) is 11.8. The third kappa shape index (κ3) is 8.31. The zero-order chi connectivity index (χ0) is 26.8. The van der Waals surface area contributed by atoms with Crippen LogP contribution in [0.15, 0.2) is 91.0 Å². The van der Waals surface area contributed by atoms with E-state index in [9.17, 15) is 19.7 Å². The van der Waals surface area contributed by atoms with Crippen molar-refractivity contribution in [3.63, 3.8) is 0 Å². The number of alkyl carbamates (subject to hydrolysis) is 1. The molecule has 0 bridgehead atoms. The smallest absolute Gasteiger partial charge is 0.408 e. The molecule has 1 N–H and O–H groups in total. The van der Waals surface area contributed by atoms with Crippen LogP contribution in [0, 0.1) is 15.5 Å². The molecule has 1 unspecified atom stereocenters. The molecule has 8 nitrogen and oxygen atoms in total. The summed E-state index contributed by atoms with van der Waals surface area (Å²) in [5.74, 6) is -0.642. The van der Waals surface area contributed by atoms with Crippen LogP contribution in [0.1, 0.15) is 43.5 Å². The van der Waals surface area contributed by atoms with Crippen LogP contribution in [-0.2, 0) is 20.9 Å². The van der Waals surface area contributed by atoms with Gasteiger partial charge in [0.2, 0.25) is 0 Å². The Morgan fingerprint density at radius 2 is 1.54 bits per heavy atom. The number of hydrogen-bond acceptors (Lipinski definition) is 6. The van der Waals surface area contributed by atoms with Crippen molar-refractivity contribution in [2.45, 2.75) is 39.5 Å². The second kappa shape index (κ2) is 12.5. The molecule has 0 aliphatic rings. The van der Waals surface area contributed by atoms with E-state index in [1.165, 1.54) is 12.1 Å². The molecule has 192 valence electrons. The molecule has 1 amide bonds. The van der Waals surface area contributed by atoms with Crippen molar-refractivity contribution in [2.75, 3.05) is 0 Å². The number of rotatable bonds is 9. The number of nitrogens with zero attached hydrogens (tertiary/aromatic N) is 1. The van der Waals surface area contributed by atoms with E-state index >= 15 is 0 Å². The number of nitrogens with one attached hydrogen (secondary N) is 1. The predicted octanol–water partition coefficient (Wildman–Crippen LogP) is 6.23. The molecular formula is C29H30N2O6. The van der Waals surface area contributed by atoms with Gasteiger partial charge >= 0.3 is 12.1 Å². The number of carbonyl (C=O) groups excluding carboxylic acids is 2. The molecule has 0 aromatic heterocycles. The van der Waals surface area contributed by atoms with Gasteiger partial charge in [0.25, 0.3) is 5.69 Å². The fourth-order valence-corrected chi connectivity index (χ4v) is 3.41. The molecule has 3 rings (SSSR count). The van der Waals surface area contributed by atoms with Crippen LogP contribution in [0.2, 0.25) is 0 Å². The fourth-order valence-electron chi connectivity index (χ4n) is 3.41. The molecule has 8 heteroatoms.